The molecule has 8 nitrogen and oxygen atoms in total. The quantitative estimate of drug-likeness (QED) is 0.764. The van der Waals surface area contributed by atoms with E-state index in [1.165, 1.54) is 12.4 Å². The number of rotatable bonds is 3. The Morgan fingerprint density at radius 3 is 2.73 bits per heavy atom. The molecule has 0 N–H and O–H groups in total. The molecule has 0 aliphatic carbocycles. The van der Waals surface area contributed by atoms with Gasteiger partial charge in [0.1, 0.15) is 11.5 Å². The topological polar surface area (TPSA) is 84.2 Å². The lowest BCUT2D eigenvalue weighted by Crippen LogP contribution is -2.41. The van der Waals surface area contributed by atoms with E-state index in [1.807, 2.05) is 29.8 Å². The highest BCUT2D eigenvalue weighted by atomic mass is 16.2. The number of carbonyl (C=O) groups excluding carboxylic acids is 2. The van der Waals surface area contributed by atoms with Crippen LogP contribution < -0.4 is 0 Å². The van der Waals surface area contributed by atoms with Gasteiger partial charge in [-0.1, -0.05) is 12.2 Å². The molecule has 2 aliphatic rings. The molecule has 0 fully saturated rings. The minimum Gasteiger partial charge on any atom is -0.335 e. The van der Waals surface area contributed by atoms with E-state index in [4.69, 9.17) is 0 Å². The Bertz CT molecular complexity index is 852. The summed E-state index contributed by atoms with van der Waals surface area (Å²) in [5.41, 5.74) is 1.08. The SMILES string of the molecule is CC1c2nc(CC(=O)N3CC=CC3)cn2CCN1C(=O)c1cnccn1. The van der Waals surface area contributed by atoms with Gasteiger partial charge in [-0.25, -0.2) is 9.97 Å². The third kappa shape index (κ3) is 2.98. The number of fused-ring (bicyclic) bond motifs is 1. The van der Waals surface area contributed by atoms with Crippen LogP contribution in [0.15, 0.2) is 36.9 Å². The lowest BCUT2D eigenvalue weighted by atomic mass is 10.2. The third-order valence-corrected chi connectivity index (χ3v) is 4.83. The van der Waals surface area contributed by atoms with Gasteiger partial charge in [0.25, 0.3) is 5.91 Å². The predicted octanol–water partition coefficient (Wildman–Crippen LogP) is 0.831. The van der Waals surface area contributed by atoms with E-state index in [0.717, 1.165) is 11.5 Å². The lowest BCUT2D eigenvalue weighted by Gasteiger charge is -2.33. The molecule has 8 heteroatoms. The van der Waals surface area contributed by atoms with E-state index in [2.05, 4.69) is 15.0 Å². The van der Waals surface area contributed by atoms with Crippen LogP contribution in [0.3, 0.4) is 0 Å². The van der Waals surface area contributed by atoms with Gasteiger partial charge in [-0.15, -0.1) is 0 Å². The summed E-state index contributed by atoms with van der Waals surface area (Å²) in [7, 11) is 0. The summed E-state index contributed by atoms with van der Waals surface area (Å²) >= 11 is 0. The number of hydrogen-bond acceptors (Lipinski definition) is 5. The largest absolute Gasteiger partial charge is 0.335 e. The van der Waals surface area contributed by atoms with Crippen LogP contribution in [0.25, 0.3) is 0 Å². The smallest absolute Gasteiger partial charge is 0.274 e. The summed E-state index contributed by atoms with van der Waals surface area (Å²) in [6.07, 6.45) is 10.7. The fourth-order valence-electron chi connectivity index (χ4n) is 3.41. The molecule has 0 radical (unpaired) electrons. The van der Waals surface area contributed by atoms with E-state index >= 15 is 0 Å². The van der Waals surface area contributed by atoms with E-state index in [1.54, 1.807) is 16.0 Å². The van der Waals surface area contributed by atoms with E-state index in [0.29, 0.717) is 31.9 Å². The normalized spacial score (nSPS) is 18.9. The zero-order chi connectivity index (χ0) is 18.1. The van der Waals surface area contributed by atoms with Crippen LogP contribution in [0.4, 0.5) is 0 Å². The van der Waals surface area contributed by atoms with Gasteiger partial charge >= 0.3 is 0 Å². The summed E-state index contributed by atoms with van der Waals surface area (Å²) in [6.45, 7) is 4.51. The van der Waals surface area contributed by atoms with Crippen LogP contribution in [0.5, 0.6) is 0 Å². The minimum absolute atomic E-state index is 0.0746. The van der Waals surface area contributed by atoms with Gasteiger partial charge in [0, 0.05) is 44.8 Å². The van der Waals surface area contributed by atoms with Crippen molar-refractivity contribution in [2.45, 2.75) is 25.9 Å². The lowest BCUT2D eigenvalue weighted by molar-refractivity contribution is -0.129. The maximum atomic E-state index is 12.7. The van der Waals surface area contributed by atoms with Gasteiger partial charge in [0.15, 0.2) is 0 Å². The number of aromatic nitrogens is 4. The van der Waals surface area contributed by atoms with Crippen LogP contribution in [0, 0.1) is 0 Å². The van der Waals surface area contributed by atoms with Crippen molar-refractivity contribution in [2.75, 3.05) is 19.6 Å². The molecule has 2 aromatic rings. The molecular formula is C18H20N6O2. The van der Waals surface area contributed by atoms with Crippen molar-refractivity contribution in [3.8, 4) is 0 Å². The van der Waals surface area contributed by atoms with Crippen LogP contribution in [0.1, 0.15) is 35.0 Å². The summed E-state index contributed by atoms with van der Waals surface area (Å²) in [4.78, 5) is 41.3. The predicted molar refractivity (Wildman–Crippen MR) is 93.1 cm³/mol. The molecule has 0 aromatic carbocycles. The second-order valence-corrected chi connectivity index (χ2v) is 6.50. The monoisotopic (exact) mass is 352 g/mol. The van der Waals surface area contributed by atoms with Gasteiger partial charge < -0.3 is 14.4 Å². The van der Waals surface area contributed by atoms with Gasteiger partial charge in [0.05, 0.1) is 24.4 Å². The van der Waals surface area contributed by atoms with Crippen molar-refractivity contribution < 1.29 is 9.59 Å². The van der Waals surface area contributed by atoms with Crippen LogP contribution in [0.2, 0.25) is 0 Å². The fourth-order valence-corrected chi connectivity index (χ4v) is 3.41. The van der Waals surface area contributed by atoms with Crippen LogP contribution in [-0.2, 0) is 17.8 Å². The summed E-state index contributed by atoms with van der Waals surface area (Å²) < 4.78 is 2.04. The maximum absolute atomic E-state index is 12.7. The molecular weight excluding hydrogens is 332 g/mol. The number of imidazole rings is 1. The highest BCUT2D eigenvalue weighted by molar-refractivity contribution is 5.92. The molecule has 26 heavy (non-hydrogen) atoms. The second kappa shape index (κ2) is 6.70. The van der Waals surface area contributed by atoms with Crippen molar-refractivity contribution in [3.05, 3.63) is 54.2 Å². The average Bonchev–Trinajstić information content (AvgIpc) is 3.32. The molecule has 4 heterocycles. The van der Waals surface area contributed by atoms with Gasteiger partial charge in [-0.2, -0.15) is 0 Å². The third-order valence-electron chi connectivity index (χ3n) is 4.83. The molecule has 0 saturated carbocycles. The van der Waals surface area contributed by atoms with Crippen molar-refractivity contribution in [1.82, 2.24) is 29.3 Å². The molecule has 2 amide bonds. The molecule has 2 aliphatic heterocycles. The van der Waals surface area contributed by atoms with Crippen molar-refractivity contribution in [3.63, 3.8) is 0 Å². The highest BCUT2D eigenvalue weighted by Crippen LogP contribution is 2.26. The molecule has 1 unspecified atom stereocenters. The number of carbonyl (C=O) groups is 2. The van der Waals surface area contributed by atoms with E-state index < -0.39 is 0 Å². The Morgan fingerprint density at radius 2 is 2.00 bits per heavy atom. The first-order valence-corrected chi connectivity index (χ1v) is 8.69. The van der Waals surface area contributed by atoms with Crippen LogP contribution >= 0.6 is 0 Å². The molecule has 0 saturated heterocycles. The highest BCUT2D eigenvalue weighted by Gasteiger charge is 2.31. The average molecular weight is 352 g/mol. The molecule has 2 aromatic heterocycles. The van der Waals surface area contributed by atoms with Gasteiger partial charge in [0.2, 0.25) is 5.91 Å². The molecule has 4 rings (SSSR count). The maximum Gasteiger partial charge on any atom is 0.274 e. The first-order valence-electron chi connectivity index (χ1n) is 8.69. The first kappa shape index (κ1) is 16.4. The van der Waals surface area contributed by atoms with E-state index in [9.17, 15) is 9.59 Å². The Labute approximate surface area is 151 Å². The fraction of sp³-hybridized carbons (Fsp3) is 0.389. The molecule has 134 valence electrons. The summed E-state index contributed by atoms with van der Waals surface area (Å²) in [5.74, 6) is 0.724. The van der Waals surface area contributed by atoms with Crippen molar-refractivity contribution in [2.24, 2.45) is 0 Å². The Morgan fingerprint density at radius 1 is 1.19 bits per heavy atom. The van der Waals surface area contributed by atoms with Gasteiger partial charge in [-0.05, 0) is 6.92 Å². The second-order valence-electron chi connectivity index (χ2n) is 6.50. The number of amides is 2. The van der Waals surface area contributed by atoms with Gasteiger partial charge in [-0.3, -0.25) is 14.6 Å². The Kier molecular flexibility index (Phi) is 4.24. The Hall–Kier alpha value is -3.03. The number of hydrogen-bond donors (Lipinski definition) is 0. The van der Waals surface area contributed by atoms with E-state index in [-0.39, 0.29) is 24.3 Å². The summed E-state index contributed by atoms with van der Waals surface area (Å²) in [6, 6.07) is -0.185. The Balaban J connectivity index is 1.50. The van der Waals surface area contributed by atoms with Crippen LogP contribution in [-0.4, -0.2) is 60.8 Å². The molecule has 0 spiro atoms. The first-order chi connectivity index (χ1) is 12.6. The zero-order valence-electron chi connectivity index (χ0n) is 14.6. The standard InChI is InChI=1S/C18H20N6O2/c1-13-17-21-14(10-16(25)22-6-2-3-7-22)12-23(17)8-9-24(13)18(26)15-11-19-4-5-20-15/h2-5,11-13H,6-10H2,1H3. The summed E-state index contributed by atoms with van der Waals surface area (Å²) in [5, 5.41) is 0. The van der Waals surface area contributed by atoms with Crippen molar-refractivity contribution >= 4 is 11.8 Å². The molecule has 0 bridgehead atoms. The number of nitrogens with zero attached hydrogens (tertiary/aromatic N) is 6. The molecule has 1 atom stereocenters. The zero-order valence-corrected chi connectivity index (χ0v) is 14.6. The minimum atomic E-state index is -0.185. The van der Waals surface area contributed by atoms with Crippen molar-refractivity contribution in [1.29, 1.82) is 0 Å².